The van der Waals surface area contributed by atoms with Gasteiger partial charge >= 0.3 is 0 Å². The van der Waals surface area contributed by atoms with E-state index in [0.29, 0.717) is 12.0 Å². The van der Waals surface area contributed by atoms with Crippen molar-refractivity contribution in [3.63, 3.8) is 0 Å². The molecular weight excluding hydrogens is 393 g/mol. The van der Waals surface area contributed by atoms with Gasteiger partial charge in [-0.3, -0.25) is 0 Å². The highest BCUT2D eigenvalue weighted by atomic mass is 31.1. The summed E-state index contributed by atoms with van der Waals surface area (Å²) in [5.41, 5.74) is 1.47. The van der Waals surface area contributed by atoms with Crippen LogP contribution in [0.3, 0.4) is 0 Å². The molecule has 0 N–H and O–H groups in total. The van der Waals surface area contributed by atoms with Gasteiger partial charge in [0.25, 0.3) is 0 Å². The van der Waals surface area contributed by atoms with Crippen molar-refractivity contribution in [2.24, 2.45) is 5.92 Å². The standard InChI is InChI=1S/C29H30NP/c1-22(2)27-18-11-21-30(27)29-26-17-10-9-12-23(26)19-20-28(29)31(24-13-5-3-6-14-24)25-15-7-4-8-16-25/h3-10,12-17,19-20,22,27H,11,18,21H2,1-2H3/t27-/m0/s1. The summed E-state index contributed by atoms with van der Waals surface area (Å²) in [6.07, 6.45) is 2.56. The smallest absolute Gasteiger partial charge is 0.0533 e. The van der Waals surface area contributed by atoms with Crippen LogP contribution in [0.4, 0.5) is 5.69 Å². The highest BCUT2D eigenvalue weighted by Crippen LogP contribution is 2.42. The molecule has 2 heteroatoms. The number of fused-ring (bicyclic) bond motifs is 1. The molecule has 0 bridgehead atoms. The van der Waals surface area contributed by atoms with Crippen molar-refractivity contribution in [2.75, 3.05) is 11.4 Å². The molecule has 0 amide bonds. The highest BCUT2D eigenvalue weighted by Gasteiger charge is 2.32. The van der Waals surface area contributed by atoms with E-state index in [1.54, 1.807) is 0 Å². The maximum atomic E-state index is 2.74. The third-order valence-electron chi connectivity index (χ3n) is 6.50. The molecular formula is C29H30NP. The number of anilines is 1. The topological polar surface area (TPSA) is 3.24 Å². The van der Waals surface area contributed by atoms with Crippen LogP contribution in [0.2, 0.25) is 0 Å². The number of nitrogens with zero attached hydrogens (tertiary/aromatic N) is 1. The van der Waals surface area contributed by atoms with E-state index in [-0.39, 0.29) is 0 Å². The van der Waals surface area contributed by atoms with Gasteiger partial charge in [-0.2, -0.15) is 0 Å². The lowest BCUT2D eigenvalue weighted by molar-refractivity contribution is 0.493. The molecule has 156 valence electrons. The maximum Gasteiger partial charge on any atom is 0.0533 e. The summed E-state index contributed by atoms with van der Waals surface area (Å²) in [6.45, 7) is 5.91. The predicted molar refractivity (Wildman–Crippen MR) is 138 cm³/mol. The Kier molecular flexibility index (Phi) is 5.79. The van der Waals surface area contributed by atoms with Crippen molar-refractivity contribution >= 4 is 40.3 Å². The van der Waals surface area contributed by atoms with Crippen LogP contribution >= 0.6 is 7.92 Å². The normalized spacial score (nSPS) is 16.5. The Balaban J connectivity index is 1.78. The second-order valence-electron chi connectivity index (χ2n) is 8.81. The lowest BCUT2D eigenvalue weighted by Gasteiger charge is -2.34. The van der Waals surface area contributed by atoms with Crippen molar-refractivity contribution in [3.05, 3.63) is 97.1 Å². The Morgan fingerprint density at radius 3 is 2.00 bits per heavy atom. The Morgan fingerprint density at radius 2 is 1.35 bits per heavy atom. The number of hydrogen-bond donors (Lipinski definition) is 0. The number of rotatable bonds is 5. The lowest BCUT2D eigenvalue weighted by Crippen LogP contribution is -2.37. The highest BCUT2D eigenvalue weighted by molar-refractivity contribution is 7.80. The average Bonchev–Trinajstić information content (AvgIpc) is 3.30. The fourth-order valence-corrected chi connectivity index (χ4v) is 7.55. The van der Waals surface area contributed by atoms with Gasteiger partial charge in [0.05, 0.1) is 5.69 Å². The molecule has 0 radical (unpaired) electrons. The summed E-state index contributed by atoms with van der Waals surface area (Å²) in [5, 5.41) is 7.05. The van der Waals surface area contributed by atoms with Crippen LogP contribution < -0.4 is 20.8 Å². The first kappa shape index (κ1) is 20.3. The molecule has 0 unspecified atom stereocenters. The van der Waals surface area contributed by atoms with E-state index in [4.69, 9.17) is 0 Å². The zero-order valence-corrected chi connectivity index (χ0v) is 19.3. The van der Waals surface area contributed by atoms with E-state index in [1.807, 2.05) is 0 Å². The van der Waals surface area contributed by atoms with Crippen LogP contribution in [0, 0.1) is 5.92 Å². The molecule has 1 saturated heterocycles. The van der Waals surface area contributed by atoms with Crippen LogP contribution in [-0.4, -0.2) is 12.6 Å². The molecule has 1 nitrogen and oxygen atoms in total. The van der Waals surface area contributed by atoms with Gasteiger partial charge in [0.1, 0.15) is 0 Å². The van der Waals surface area contributed by atoms with E-state index < -0.39 is 7.92 Å². The molecule has 4 aromatic rings. The van der Waals surface area contributed by atoms with Crippen molar-refractivity contribution in [2.45, 2.75) is 32.7 Å². The fourth-order valence-electron chi connectivity index (χ4n) is 5.07. The van der Waals surface area contributed by atoms with Crippen LogP contribution in [0.25, 0.3) is 10.8 Å². The molecule has 31 heavy (non-hydrogen) atoms. The second kappa shape index (κ2) is 8.85. The Morgan fingerprint density at radius 1 is 0.742 bits per heavy atom. The van der Waals surface area contributed by atoms with E-state index >= 15 is 0 Å². The zero-order valence-electron chi connectivity index (χ0n) is 18.4. The largest absolute Gasteiger partial charge is 0.367 e. The van der Waals surface area contributed by atoms with Crippen molar-refractivity contribution in [1.82, 2.24) is 0 Å². The van der Waals surface area contributed by atoms with Crippen molar-refractivity contribution in [1.29, 1.82) is 0 Å². The van der Waals surface area contributed by atoms with Crippen LogP contribution in [-0.2, 0) is 0 Å². The molecule has 0 aromatic heterocycles. The van der Waals surface area contributed by atoms with Crippen molar-refractivity contribution in [3.8, 4) is 0 Å². The molecule has 1 atom stereocenters. The Labute approximate surface area is 187 Å². The summed E-state index contributed by atoms with van der Waals surface area (Å²) in [4.78, 5) is 2.74. The summed E-state index contributed by atoms with van der Waals surface area (Å²) in [5.74, 6) is 0.647. The Hall–Kier alpha value is -2.63. The van der Waals surface area contributed by atoms with Crippen molar-refractivity contribution < 1.29 is 0 Å². The Bertz CT molecular complexity index is 1110. The van der Waals surface area contributed by atoms with E-state index in [1.165, 1.54) is 45.2 Å². The third kappa shape index (κ3) is 3.88. The van der Waals surface area contributed by atoms with E-state index in [0.717, 1.165) is 6.54 Å². The second-order valence-corrected chi connectivity index (χ2v) is 11.0. The lowest BCUT2D eigenvalue weighted by atomic mass is 10.0. The van der Waals surface area contributed by atoms with Crippen LogP contribution in [0.1, 0.15) is 26.7 Å². The molecule has 1 heterocycles. The summed E-state index contributed by atoms with van der Waals surface area (Å²) < 4.78 is 0. The minimum Gasteiger partial charge on any atom is -0.367 e. The molecule has 1 aliphatic heterocycles. The minimum absolute atomic E-state index is 0.605. The molecule has 4 aromatic carbocycles. The summed E-state index contributed by atoms with van der Waals surface area (Å²) in [6, 6.07) is 36.5. The predicted octanol–water partition coefficient (Wildman–Crippen LogP) is 6.22. The molecule has 5 rings (SSSR count). The first-order valence-electron chi connectivity index (χ1n) is 11.4. The maximum absolute atomic E-state index is 2.74. The number of benzene rings is 4. The SMILES string of the molecule is CC(C)[C@@H]1CCCN1c1c(P(c2ccccc2)c2ccccc2)ccc2ccccc12. The average molecular weight is 424 g/mol. The molecule has 0 aliphatic carbocycles. The minimum atomic E-state index is -0.636. The molecule has 0 saturated carbocycles. The van der Waals surface area contributed by atoms with Gasteiger partial charge in [0.2, 0.25) is 0 Å². The van der Waals surface area contributed by atoms with Gasteiger partial charge in [-0.25, -0.2) is 0 Å². The number of hydrogen-bond acceptors (Lipinski definition) is 1. The summed E-state index contributed by atoms with van der Waals surface area (Å²) in [7, 11) is -0.636. The fraction of sp³-hybridized carbons (Fsp3) is 0.241. The molecule has 1 fully saturated rings. The third-order valence-corrected chi connectivity index (χ3v) is 8.98. The van der Waals surface area contributed by atoms with Gasteiger partial charge in [-0.1, -0.05) is 111 Å². The van der Waals surface area contributed by atoms with Gasteiger partial charge < -0.3 is 4.90 Å². The first-order chi connectivity index (χ1) is 15.2. The zero-order chi connectivity index (χ0) is 21.2. The monoisotopic (exact) mass is 423 g/mol. The van der Waals surface area contributed by atoms with Gasteiger partial charge in [0, 0.05) is 23.3 Å². The van der Waals surface area contributed by atoms with Crippen LogP contribution in [0.5, 0.6) is 0 Å². The summed E-state index contributed by atoms with van der Waals surface area (Å²) >= 11 is 0. The van der Waals surface area contributed by atoms with Gasteiger partial charge in [-0.15, -0.1) is 0 Å². The van der Waals surface area contributed by atoms with Gasteiger partial charge in [-0.05, 0) is 42.7 Å². The van der Waals surface area contributed by atoms with E-state index in [2.05, 4.69) is 116 Å². The van der Waals surface area contributed by atoms with Gasteiger partial charge in [0.15, 0.2) is 0 Å². The quantitative estimate of drug-likeness (QED) is 0.344. The van der Waals surface area contributed by atoms with E-state index in [9.17, 15) is 0 Å². The first-order valence-corrected chi connectivity index (χ1v) is 12.8. The molecule has 0 spiro atoms. The van der Waals surface area contributed by atoms with Crippen LogP contribution in [0.15, 0.2) is 97.1 Å². The molecule has 1 aliphatic rings.